The van der Waals surface area contributed by atoms with Crippen LogP contribution in [0.15, 0.2) is 11.6 Å². The Labute approximate surface area is 117 Å². The van der Waals surface area contributed by atoms with Crippen LogP contribution in [-0.2, 0) is 4.74 Å². The van der Waals surface area contributed by atoms with Crippen LogP contribution in [0.4, 0.5) is 4.79 Å². The fraction of sp³-hybridized carbons (Fsp3) is 0.692. The van der Waals surface area contributed by atoms with Gasteiger partial charge in [-0.15, -0.1) is 11.3 Å². The lowest BCUT2D eigenvalue weighted by atomic mass is 10.0. The molecule has 1 N–H and O–H groups in total. The average Bonchev–Trinajstić information content (AvgIpc) is 2.98. The highest BCUT2D eigenvalue weighted by molar-refractivity contribution is 7.09. The average molecular weight is 284 g/mol. The maximum absolute atomic E-state index is 11.9. The maximum atomic E-state index is 11.9. The van der Waals surface area contributed by atoms with Crippen LogP contribution in [0, 0.1) is 5.92 Å². The molecule has 0 spiro atoms. The van der Waals surface area contributed by atoms with E-state index in [-0.39, 0.29) is 12.0 Å². The minimum Gasteiger partial charge on any atom is -0.444 e. The van der Waals surface area contributed by atoms with E-state index in [1.807, 2.05) is 26.2 Å². The monoisotopic (exact) mass is 284 g/mol. The molecule has 1 aromatic heterocycles. The number of aromatic nitrogens is 1. The second kappa shape index (κ2) is 5.46. The molecule has 2 rings (SSSR count). The van der Waals surface area contributed by atoms with E-state index in [9.17, 15) is 9.90 Å². The maximum Gasteiger partial charge on any atom is 0.410 e. The van der Waals surface area contributed by atoms with Crippen molar-refractivity contribution in [2.75, 3.05) is 13.1 Å². The molecule has 19 heavy (non-hydrogen) atoms. The minimum atomic E-state index is -0.590. The molecular weight excluding hydrogens is 264 g/mol. The van der Waals surface area contributed by atoms with E-state index in [1.54, 1.807) is 11.1 Å². The molecule has 1 saturated heterocycles. The molecule has 106 valence electrons. The molecular formula is C13H20N2O3S. The van der Waals surface area contributed by atoms with E-state index < -0.39 is 11.7 Å². The molecule has 0 radical (unpaired) electrons. The summed E-state index contributed by atoms with van der Waals surface area (Å²) in [6, 6.07) is 0. The fourth-order valence-corrected chi connectivity index (χ4v) is 2.83. The van der Waals surface area contributed by atoms with Crippen molar-refractivity contribution in [2.45, 2.75) is 38.9 Å². The van der Waals surface area contributed by atoms with Crippen LogP contribution in [0.2, 0.25) is 0 Å². The summed E-state index contributed by atoms with van der Waals surface area (Å²) >= 11 is 1.44. The van der Waals surface area contributed by atoms with Gasteiger partial charge in [-0.3, -0.25) is 0 Å². The van der Waals surface area contributed by atoms with Gasteiger partial charge in [-0.25, -0.2) is 9.78 Å². The molecule has 2 heterocycles. The Balaban J connectivity index is 1.91. The summed E-state index contributed by atoms with van der Waals surface area (Å²) in [6.07, 6.45) is 1.57. The predicted octanol–water partition coefficient (Wildman–Crippen LogP) is 2.43. The van der Waals surface area contributed by atoms with Gasteiger partial charge in [0.05, 0.1) is 0 Å². The van der Waals surface area contributed by atoms with E-state index in [0.717, 1.165) is 11.4 Å². The van der Waals surface area contributed by atoms with Gasteiger partial charge in [-0.1, -0.05) is 0 Å². The van der Waals surface area contributed by atoms with Crippen LogP contribution in [0.25, 0.3) is 0 Å². The van der Waals surface area contributed by atoms with Gasteiger partial charge < -0.3 is 14.7 Å². The molecule has 1 aromatic rings. The minimum absolute atomic E-state index is 0.0404. The van der Waals surface area contributed by atoms with Gasteiger partial charge in [0.25, 0.3) is 0 Å². The summed E-state index contributed by atoms with van der Waals surface area (Å²) in [4.78, 5) is 17.7. The van der Waals surface area contributed by atoms with Crippen molar-refractivity contribution in [1.82, 2.24) is 9.88 Å². The van der Waals surface area contributed by atoms with Gasteiger partial charge in [-0.2, -0.15) is 0 Å². The van der Waals surface area contributed by atoms with Gasteiger partial charge in [0.15, 0.2) is 0 Å². The summed E-state index contributed by atoms with van der Waals surface area (Å²) in [5.41, 5.74) is -0.483. The number of rotatable bonds is 2. The lowest BCUT2D eigenvalue weighted by molar-refractivity contribution is 0.0268. The van der Waals surface area contributed by atoms with Gasteiger partial charge in [0.1, 0.15) is 16.7 Å². The summed E-state index contributed by atoms with van der Waals surface area (Å²) in [7, 11) is 0. The van der Waals surface area contributed by atoms with Gasteiger partial charge in [0.2, 0.25) is 0 Å². The molecule has 0 bridgehead atoms. The first-order valence-electron chi connectivity index (χ1n) is 6.42. The molecule has 1 aliphatic rings. The van der Waals surface area contributed by atoms with Crippen molar-refractivity contribution >= 4 is 17.4 Å². The summed E-state index contributed by atoms with van der Waals surface area (Å²) in [5.74, 6) is 0.0404. The molecule has 6 heteroatoms. The third kappa shape index (κ3) is 3.67. The van der Waals surface area contributed by atoms with Gasteiger partial charge in [0, 0.05) is 30.6 Å². The standard InChI is InChI=1S/C13H20N2O3S/c1-13(2,3)18-12(17)15-6-4-9(8-15)10(16)11-14-5-7-19-11/h5,7,9-10,16H,4,6,8H2,1-3H3/t9-,10-/m0/s1. The summed E-state index contributed by atoms with van der Waals surface area (Å²) in [5, 5.41) is 12.8. The van der Waals surface area contributed by atoms with E-state index in [2.05, 4.69) is 4.98 Å². The Bertz CT molecular complexity index is 428. The van der Waals surface area contributed by atoms with Crippen LogP contribution in [0.1, 0.15) is 38.3 Å². The zero-order chi connectivity index (χ0) is 14.0. The number of carbonyl (C=O) groups excluding carboxylic acids is 1. The topological polar surface area (TPSA) is 62.7 Å². The number of aliphatic hydroxyl groups excluding tert-OH is 1. The van der Waals surface area contributed by atoms with Crippen LogP contribution in [0.3, 0.4) is 0 Å². The molecule has 5 nitrogen and oxygen atoms in total. The number of aliphatic hydroxyl groups is 1. The van der Waals surface area contributed by atoms with Gasteiger partial charge in [-0.05, 0) is 27.2 Å². The Morgan fingerprint density at radius 2 is 2.37 bits per heavy atom. The van der Waals surface area contributed by atoms with Crippen LogP contribution in [-0.4, -0.2) is 39.8 Å². The van der Waals surface area contributed by atoms with Gasteiger partial charge >= 0.3 is 6.09 Å². The zero-order valence-corrected chi connectivity index (χ0v) is 12.3. The number of thiazole rings is 1. The lowest BCUT2D eigenvalue weighted by Gasteiger charge is -2.24. The Kier molecular flexibility index (Phi) is 4.10. The molecule has 0 unspecified atom stereocenters. The fourth-order valence-electron chi connectivity index (χ4n) is 2.12. The second-order valence-corrected chi connectivity index (χ2v) is 6.72. The largest absolute Gasteiger partial charge is 0.444 e. The molecule has 0 saturated carbocycles. The van der Waals surface area contributed by atoms with Crippen molar-refractivity contribution < 1.29 is 14.6 Å². The molecule has 2 atom stereocenters. The van der Waals surface area contributed by atoms with E-state index in [1.165, 1.54) is 11.3 Å². The lowest BCUT2D eigenvalue weighted by Crippen LogP contribution is -2.35. The van der Waals surface area contributed by atoms with Crippen molar-refractivity contribution in [3.05, 3.63) is 16.6 Å². The quantitative estimate of drug-likeness (QED) is 0.906. The van der Waals surface area contributed by atoms with Crippen LogP contribution < -0.4 is 0 Å². The number of amides is 1. The van der Waals surface area contributed by atoms with Crippen molar-refractivity contribution in [3.8, 4) is 0 Å². The van der Waals surface area contributed by atoms with Crippen molar-refractivity contribution in [1.29, 1.82) is 0 Å². The number of hydrogen-bond donors (Lipinski definition) is 1. The first-order chi connectivity index (χ1) is 8.87. The van der Waals surface area contributed by atoms with Crippen LogP contribution in [0.5, 0.6) is 0 Å². The molecule has 1 fully saturated rings. The molecule has 1 aliphatic heterocycles. The first-order valence-corrected chi connectivity index (χ1v) is 7.30. The highest BCUT2D eigenvalue weighted by atomic mass is 32.1. The molecule has 0 aliphatic carbocycles. The van der Waals surface area contributed by atoms with Crippen LogP contribution >= 0.6 is 11.3 Å². The third-order valence-electron chi connectivity index (χ3n) is 3.03. The Morgan fingerprint density at radius 3 is 2.95 bits per heavy atom. The highest BCUT2D eigenvalue weighted by Gasteiger charge is 2.34. The smallest absolute Gasteiger partial charge is 0.410 e. The third-order valence-corrected chi connectivity index (χ3v) is 3.87. The summed E-state index contributed by atoms with van der Waals surface area (Å²) in [6.45, 7) is 6.70. The normalized spacial score (nSPS) is 21.5. The van der Waals surface area contributed by atoms with Crippen molar-refractivity contribution in [3.63, 3.8) is 0 Å². The Hall–Kier alpha value is -1.14. The second-order valence-electron chi connectivity index (χ2n) is 5.79. The number of nitrogens with zero attached hydrogens (tertiary/aromatic N) is 2. The summed E-state index contributed by atoms with van der Waals surface area (Å²) < 4.78 is 5.33. The number of likely N-dealkylation sites (tertiary alicyclic amines) is 1. The SMILES string of the molecule is CC(C)(C)OC(=O)N1CC[C@H]([C@H](O)c2nccs2)C1. The van der Waals surface area contributed by atoms with E-state index in [0.29, 0.717) is 13.1 Å². The number of ether oxygens (including phenoxy) is 1. The van der Waals surface area contributed by atoms with Crippen molar-refractivity contribution in [2.24, 2.45) is 5.92 Å². The first kappa shape index (κ1) is 14.3. The predicted molar refractivity (Wildman–Crippen MR) is 73.0 cm³/mol. The Morgan fingerprint density at radius 1 is 1.63 bits per heavy atom. The number of hydrogen-bond acceptors (Lipinski definition) is 5. The highest BCUT2D eigenvalue weighted by Crippen LogP contribution is 2.31. The zero-order valence-electron chi connectivity index (χ0n) is 11.5. The number of carbonyl (C=O) groups is 1. The molecule has 0 aromatic carbocycles. The van der Waals surface area contributed by atoms with E-state index >= 15 is 0 Å². The molecule has 1 amide bonds. The van der Waals surface area contributed by atoms with E-state index in [4.69, 9.17) is 4.74 Å².